The second-order valence-corrected chi connectivity index (χ2v) is 7.82. The number of hydrogen-bond donors (Lipinski definition) is 0. The summed E-state index contributed by atoms with van der Waals surface area (Å²) < 4.78 is 4.60. The number of para-hydroxylation sites is 2. The molecular formula is C27H17N5. The Morgan fingerprint density at radius 3 is 2.09 bits per heavy atom. The Morgan fingerprint density at radius 1 is 0.500 bits per heavy atom. The van der Waals surface area contributed by atoms with Crippen LogP contribution in [0.2, 0.25) is 0 Å². The quantitative estimate of drug-likeness (QED) is 0.347. The van der Waals surface area contributed by atoms with Crippen LogP contribution in [0.25, 0.3) is 55.2 Å². The van der Waals surface area contributed by atoms with Gasteiger partial charge in [0.1, 0.15) is 11.0 Å². The maximum atomic E-state index is 4.93. The zero-order chi connectivity index (χ0) is 21.1. The number of benzene rings is 2. The highest BCUT2D eigenvalue weighted by atomic mass is 15.1. The van der Waals surface area contributed by atoms with Gasteiger partial charge in [0.2, 0.25) is 0 Å². The molecule has 0 saturated carbocycles. The molecule has 150 valence electrons. The van der Waals surface area contributed by atoms with Crippen molar-refractivity contribution in [1.82, 2.24) is 24.1 Å². The summed E-state index contributed by atoms with van der Waals surface area (Å²) >= 11 is 0. The highest BCUT2D eigenvalue weighted by molar-refractivity contribution is 6.21. The summed E-state index contributed by atoms with van der Waals surface area (Å²) in [6.07, 6.45) is 7.47. The van der Waals surface area contributed by atoms with Gasteiger partial charge in [0.05, 0.1) is 22.1 Å². The fourth-order valence-corrected chi connectivity index (χ4v) is 4.80. The van der Waals surface area contributed by atoms with Crippen LogP contribution >= 0.6 is 0 Å². The molecule has 7 rings (SSSR count). The van der Waals surface area contributed by atoms with E-state index in [9.17, 15) is 0 Å². The van der Waals surface area contributed by atoms with E-state index in [0.717, 1.165) is 49.9 Å². The van der Waals surface area contributed by atoms with Crippen molar-refractivity contribution in [1.29, 1.82) is 0 Å². The Bertz CT molecular complexity index is 1630. The molecule has 0 amide bonds. The summed E-state index contributed by atoms with van der Waals surface area (Å²) in [5.74, 6) is 0. The molecule has 7 aromatic rings. The molecule has 0 saturated heterocycles. The van der Waals surface area contributed by atoms with Crippen molar-refractivity contribution < 1.29 is 0 Å². The first-order valence-corrected chi connectivity index (χ1v) is 10.5. The molecule has 0 aliphatic heterocycles. The molecule has 0 N–H and O–H groups in total. The normalized spacial score (nSPS) is 11.8. The number of hydrogen-bond acceptors (Lipinski definition) is 3. The summed E-state index contributed by atoms with van der Waals surface area (Å²) in [6.45, 7) is 0. The maximum absolute atomic E-state index is 4.93. The zero-order valence-electron chi connectivity index (χ0n) is 17.1. The first-order chi connectivity index (χ1) is 15.9. The van der Waals surface area contributed by atoms with Gasteiger partial charge in [-0.05, 0) is 42.5 Å². The van der Waals surface area contributed by atoms with E-state index in [4.69, 9.17) is 9.97 Å². The van der Waals surface area contributed by atoms with E-state index in [1.54, 1.807) is 0 Å². The lowest BCUT2D eigenvalue weighted by Gasteiger charge is -2.11. The Hall–Kier alpha value is -4.51. The maximum Gasteiger partial charge on any atom is 0.117 e. The third kappa shape index (κ3) is 2.25. The van der Waals surface area contributed by atoms with Crippen molar-refractivity contribution in [2.24, 2.45) is 0 Å². The first kappa shape index (κ1) is 17.2. The Kier molecular flexibility index (Phi) is 3.49. The van der Waals surface area contributed by atoms with Crippen LogP contribution in [0.1, 0.15) is 0 Å². The van der Waals surface area contributed by atoms with Crippen molar-refractivity contribution in [2.45, 2.75) is 0 Å². The Morgan fingerprint density at radius 2 is 1.22 bits per heavy atom. The van der Waals surface area contributed by atoms with E-state index < -0.39 is 0 Å². The summed E-state index contributed by atoms with van der Waals surface area (Å²) in [5.41, 5.74) is 8.29. The lowest BCUT2D eigenvalue weighted by atomic mass is 10.2. The Labute approximate surface area is 183 Å². The molecule has 32 heavy (non-hydrogen) atoms. The summed E-state index contributed by atoms with van der Waals surface area (Å²) in [7, 11) is 0. The topological polar surface area (TPSA) is 48.5 Å². The molecule has 5 nitrogen and oxygen atoms in total. The minimum atomic E-state index is 0.893. The molecular weight excluding hydrogens is 394 g/mol. The van der Waals surface area contributed by atoms with Gasteiger partial charge in [-0.15, -0.1) is 0 Å². The number of rotatable bonds is 2. The average molecular weight is 411 g/mol. The largest absolute Gasteiger partial charge is 0.307 e. The van der Waals surface area contributed by atoms with Crippen molar-refractivity contribution >= 4 is 43.9 Å². The van der Waals surface area contributed by atoms with Crippen LogP contribution < -0.4 is 0 Å². The highest BCUT2D eigenvalue weighted by Gasteiger charge is 2.22. The lowest BCUT2D eigenvalue weighted by Crippen LogP contribution is -1.99. The standard InChI is InChI=1S/C27H17N5/c1-2-7-18(8-3-1)31-22-10-5-4-9-20(22)21-17-30-25-24-23(11-6-14-29-24)32(27(25)26(21)31)19-12-15-28-16-13-19/h1-17H. The molecule has 0 aliphatic rings. The third-order valence-corrected chi connectivity index (χ3v) is 6.10. The minimum Gasteiger partial charge on any atom is -0.307 e. The summed E-state index contributed by atoms with van der Waals surface area (Å²) in [5, 5.41) is 2.30. The SMILES string of the molecule is c1ccc(-n2c3ccccc3c3cnc4c5ncccc5n(-c5ccncc5)c4c32)cc1. The van der Waals surface area contributed by atoms with Gasteiger partial charge in [-0.2, -0.15) is 0 Å². The summed E-state index contributed by atoms with van der Waals surface area (Å²) in [4.78, 5) is 13.9. The van der Waals surface area contributed by atoms with E-state index >= 15 is 0 Å². The second-order valence-electron chi connectivity index (χ2n) is 7.82. The molecule has 5 heterocycles. The van der Waals surface area contributed by atoms with Crippen LogP contribution in [0.3, 0.4) is 0 Å². The van der Waals surface area contributed by atoms with Gasteiger partial charge in [-0.25, -0.2) is 0 Å². The van der Waals surface area contributed by atoms with E-state index in [2.05, 4.69) is 68.7 Å². The monoisotopic (exact) mass is 411 g/mol. The smallest absolute Gasteiger partial charge is 0.117 e. The number of aromatic nitrogens is 5. The van der Waals surface area contributed by atoms with Gasteiger partial charge in [0.25, 0.3) is 0 Å². The van der Waals surface area contributed by atoms with Gasteiger partial charge in [-0.3, -0.25) is 15.0 Å². The molecule has 0 unspecified atom stereocenters. The van der Waals surface area contributed by atoms with Gasteiger partial charge in [-0.1, -0.05) is 36.4 Å². The highest BCUT2D eigenvalue weighted by Crippen LogP contribution is 2.39. The Balaban J connectivity index is 1.81. The number of fused-ring (bicyclic) bond motifs is 7. The van der Waals surface area contributed by atoms with Gasteiger partial charge < -0.3 is 9.13 Å². The van der Waals surface area contributed by atoms with E-state index in [1.165, 1.54) is 5.39 Å². The van der Waals surface area contributed by atoms with Gasteiger partial charge in [0.15, 0.2) is 0 Å². The van der Waals surface area contributed by atoms with E-state index in [1.807, 2.05) is 49.1 Å². The van der Waals surface area contributed by atoms with Crippen molar-refractivity contribution in [3.05, 3.63) is 104 Å². The minimum absolute atomic E-state index is 0.893. The molecule has 5 heteroatoms. The van der Waals surface area contributed by atoms with Crippen LogP contribution in [0.5, 0.6) is 0 Å². The van der Waals surface area contributed by atoms with E-state index in [-0.39, 0.29) is 0 Å². The zero-order valence-corrected chi connectivity index (χ0v) is 17.1. The van der Waals surface area contributed by atoms with E-state index in [0.29, 0.717) is 0 Å². The molecule has 0 radical (unpaired) electrons. The number of pyridine rings is 3. The molecule has 0 bridgehead atoms. The predicted molar refractivity (Wildman–Crippen MR) is 129 cm³/mol. The lowest BCUT2D eigenvalue weighted by molar-refractivity contribution is 1.13. The van der Waals surface area contributed by atoms with Gasteiger partial charge >= 0.3 is 0 Å². The van der Waals surface area contributed by atoms with Gasteiger partial charge in [0, 0.05) is 46.9 Å². The molecule has 0 aliphatic carbocycles. The van der Waals surface area contributed by atoms with Crippen LogP contribution in [-0.2, 0) is 0 Å². The molecule has 5 aromatic heterocycles. The molecule has 2 aromatic carbocycles. The molecule has 0 fully saturated rings. The van der Waals surface area contributed by atoms with Crippen LogP contribution in [0, 0.1) is 0 Å². The first-order valence-electron chi connectivity index (χ1n) is 10.5. The number of nitrogens with zero attached hydrogens (tertiary/aromatic N) is 5. The molecule has 0 spiro atoms. The van der Waals surface area contributed by atoms with Crippen molar-refractivity contribution in [2.75, 3.05) is 0 Å². The van der Waals surface area contributed by atoms with Crippen molar-refractivity contribution in [3.63, 3.8) is 0 Å². The fourth-order valence-electron chi connectivity index (χ4n) is 4.80. The molecule has 0 atom stereocenters. The summed E-state index contributed by atoms with van der Waals surface area (Å²) in [6, 6.07) is 27.1. The fraction of sp³-hybridized carbons (Fsp3) is 0. The van der Waals surface area contributed by atoms with Crippen LogP contribution in [0.15, 0.2) is 104 Å². The average Bonchev–Trinajstić information content (AvgIpc) is 3.38. The van der Waals surface area contributed by atoms with Crippen molar-refractivity contribution in [3.8, 4) is 11.4 Å². The van der Waals surface area contributed by atoms with Crippen LogP contribution in [0.4, 0.5) is 0 Å². The second kappa shape index (κ2) is 6.49. The predicted octanol–water partition coefficient (Wildman–Crippen LogP) is 6.07. The van der Waals surface area contributed by atoms with Crippen LogP contribution in [-0.4, -0.2) is 24.1 Å². The third-order valence-electron chi connectivity index (χ3n) is 6.10.